The van der Waals surface area contributed by atoms with E-state index in [1.165, 1.54) is 23.0 Å². The number of nitrogens with one attached hydrogen (secondary N) is 2. The fourth-order valence-corrected chi connectivity index (χ4v) is 3.95. The third-order valence-corrected chi connectivity index (χ3v) is 5.66. The Morgan fingerprint density at radius 3 is 2.85 bits per heavy atom. The van der Waals surface area contributed by atoms with Crippen LogP contribution in [0.4, 0.5) is 23.7 Å². The summed E-state index contributed by atoms with van der Waals surface area (Å²) in [5.41, 5.74) is 1.67. The molecule has 0 radical (unpaired) electrons. The number of halogens is 3. The fraction of sp³-hybridized carbons (Fsp3) is 0.208. The number of carbonyl (C=O) groups is 1. The maximum absolute atomic E-state index is 13.0. The first-order chi connectivity index (χ1) is 16.3. The molecule has 0 bridgehead atoms. The van der Waals surface area contributed by atoms with Gasteiger partial charge in [-0.1, -0.05) is 6.07 Å². The molecule has 7 nitrogen and oxygen atoms in total. The molecule has 1 atom stereocenters. The second-order valence-electron chi connectivity index (χ2n) is 8.11. The van der Waals surface area contributed by atoms with Crippen LogP contribution in [0.2, 0.25) is 0 Å². The van der Waals surface area contributed by atoms with E-state index in [1.54, 1.807) is 30.5 Å². The van der Waals surface area contributed by atoms with Crippen LogP contribution in [0.1, 0.15) is 23.7 Å². The fourth-order valence-electron chi connectivity index (χ4n) is 3.95. The summed E-state index contributed by atoms with van der Waals surface area (Å²) in [5, 5.41) is 6.60. The molecule has 0 fully saturated rings. The summed E-state index contributed by atoms with van der Waals surface area (Å²) in [5.74, 6) is 1.05. The summed E-state index contributed by atoms with van der Waals surface area (Å²) in [4.78, 5) is 21.3. The zero-order valence-corrected chi connectivity index (χ0v) is 18.1. The van der Waals surface area contributed by atoms with Gasteiger partial charge in [-0.2, -0.15) is 13.2 Å². The molecule has 0 spiro atoms. The van der Waals surface area contributed by atoms with Crippen LogP contribution in [-0.2, 0) is 19.1 Å². The second kappa shape index (κ2) is 8.45. The van der Waals surface area contributed by atoms with Crippen molar-refractivity contribution in [1.82, 2.24) is 19.9 Å². The number of carbonyl (C=O) groups excluding carboxylic acids is 1. The van der Waals surface area contributed by atoms with Crippen molar-refractivity contribution in [2.24, 2.45) is 0 Å². The molecule has 10 heteroatoms. The largest absolute Gasteiger partial charge is 0.439 e. The number of benzene rings is 2. The quantitative estimate of drug-likeness (QED) is 0.424. The molecular formula is C24H20F3N5O2. The number of hydrogen-bond acceptors (Lipinski definition) is 5. The first-order valence-electron chi connectivity index (χ1n) is 10.6. The predicted octanol–water partition coefficient (Wildman–Crippen LogP) is 5.36. The predicted molar refractivity (Wildman–Crippen MR) is 120 cm³/mol. The van der Waals surface area contributed by atoms with E-state index in [0.29, 0.717) is 23.7 Å². The number of nitrogens with zero attached hydrogens (tertiary/aromatic N) is 3. The molecule has 34 heavy (non-hydrogen) atoms. The Balaban J connectivity index is 1.37. The maximum atomic E-state index is 13.0. The molecule has 5 rings (SSSR count). The molecule has 4 aromatic rings. The Hall–Kier alpha value is -3.92. The highest BCUT2D eigenvalue weighted by Crippen LogP contribution is 2.32. The lowest BCUT2D eigenvalue weighted by Gasteiger charge is -2.23. The van der Waals surface area contributed by atoms with Crippen LogP contribution in [0.15, 0.2) is 61.1 Å². The lowest BCUT2D eigenvalue weighted by atomic mass is 10.0. The number of aromatic nitrogens is 3. The van der Waals surface area contributed by atoms with Crippen molar-refractivity contribution in [1.29, 1.82) is 0 Å². The summed E-state index contributed by atoms with van der Waals surface area (Å²) in [7, 11) is 0. The highest BCUT2D eigenvalue weighted by Gasteiger charge is 2.30. The zero-order chi connectivity index (χ0) is 23.9. The van der Waals surface area contributed by atoms with Gasteiger partial charge >= 0.3 is 12.2 Å². The summed E-state index contributed by atoms with van der Waals surface area (Å²) in [6.07, 6.45) is -0.717. The molecule has 0 saturated carbocycles. The topological polar surface area (TPSA) is 81.1 Å². The van der Waals surface area contributed by atoms with Crippen molar-refractivity contribution in [3.63, 3.8) is 0 Å². The summed E-state index contributed by atoms with van der Waals surface area (Å²) < 4.78 is 46.2. The van der Waals surface area contributed by atoms with Crippen molar-refractivity contribution in [3.8, 4) is 11.6 Å². The molecule has 3 heterocycles. The van der Waals surface area contributed by atoms with E-state index in [1.807, 2.05) is 0 Å². The molecule has 0 aliphatic carbocycles. The molecule has 2 aromatic heterocycles. The molecular weight excluding hydrogens is 447 g/mol. The standard InChI is InChI=1S/C24H20F3N5O2/c1-14-9-19-20(12-28-14)29-13-30-22(19)34-18-5-6-21-15(10-18)7-8-32(21)23(33)31-17-4-2-3-16(11-17)24(25,26)27/h2-8,10-11,13-14,28H,9,12H2,1H3,(H,31,33). The molecule has 1 unspecified atom stereocenters. The minimum absolute atomic E-state index is 0.0545. The first-order valence-corrected chi connectivity index (χ1v) is 10.6. The maximum Gasteiger partial charge on any atom is 0.416 e. The molecule has 0 saturated heterocycles. The number of amides is 1. The van der Waals surface area contributed by atoms with E-state index >= 15 is 0 Å². The van der Waals surface area contributed by atoms with Gasteiger partial charge in [-0.15, -0.1) is 0 Å². The molecule has 1 aliphatic heterocycles. The van der Waals surface area contributed by atoms with Crippen LogP contribution in [0.5, 0.6) is 11.6 Å². The Morgan fingerprint density at radius 2 is 2.03 bits per heavy atom. The van der Waals surface area contributed by atoms with E-state index in [4.69, 9.17) is 4.74 Å². The number of rotatable bonds is 3. The van der Waals surface area contributed by atoms with Crippen molar-refractivity contribution >= 4 is 22.6 Å². The lowest BCUT2D eigenvalue weighted by Crippen LogP contribution is -2.33. The monoisotopic (exact) mass is 467 g/mol. The minimum Gasteiger partial charge on any atom is -0.439 e. The van der Waals surface area contributed by atoms with Gasteiger partial charge in [-0.25, -0.2) is 14.8 Å². The van der Waals surface area contributed by atoms with Gasteiger partial charge in [-0.05, 0) is 55.8 Å². The first kappa shape index (κ1) is 21.9. The average molecular weight is 467 g/mol. The lowest BCUT2D eigenvalue weighted by molar-refractivity contribution is -0.137. The van der Waals surface area contributed by atoms with Gasteiger partial charge < -0.3 is 15.4 Å². The van der Waals surface area contributed by atoms with Gasteiger partial charge in [0.2, 0.25) is 5.88 Å². The summed E-state index contributed by atoms with van der Waals surface area (Å²) in [6, 6.07) is 11.2. The van der Waals surface area contributed by atoms with Crippen molar-refractivity contribution in [2.45, 2.75) is 32.1 Å². The van der Waals surface area contributed by atoms with E-state index < -0.39 is 17.8 Å². The van der Waals surface area contributed by atoms with Crippen LogP contribution < -0.4 is 15.4 Å². The van der Waals surface area contributed by atoms with Gasteiger partial charge in [0.1, 0.15) is 12.1 Å². The van der Waals surface area contributed by atoms with Crippen LogP contribution in [0, 0.1) is 0 Å². The van der Waals surface area contributed by atoms with Crippen molar-refractivity contribution < 1.29 is 22.7 Å². The van der Waals surface area contributed by atoms with E-state index in [2.05, 4.69) is 27.5 Å². The van der Waals surface area contributed by atoms with Crippen LogP contribution in [0.25, 0.3) is 10.9 Å². The number of ether oxygens (including phenoxy) is 1. The molecule has 1 aliphatic rings. The SMILES string of the molecule is CC1Cc2c(ncnc2Oc2ccc3c(ccn3C(=O)Nc3cccc(C(F)(F)F)c3)c2)CN1. The van der Waals surface area contributed by atoms with Crippen LogP contribution in [0.3, 0.4) is 0 Å². The second-order valence-corrected chi connectivity index (χ2v) is 8.11. The number of anilines is 1. The van der Waals surface area contributed by atoms with Gasteiger partial charge in [0.15, 0.2) is 0 Å². The molecule has 1 amide bonds. The van der Waals surface area contributed by atoms with Gasteiger partial charge in [0.25, 0.3) is 0 Å². The Labute approximate surface area is 192 Å². The van der Waals surface area contributed by atoms with Gasteiger partial charge in [-0.3, -0.25) is 4.57 Å². The third-order valence-electron chi connectivity index (χ3n) is 5.66. The number of alkyl halides is 3. The zero-order valence-electron chi connectivity index (χ0n) is 18.1. The van der Waals surface area contributed by atoms with Crippen molar-refractivity contribution in [2.75, 3.05) is 5.32 Å². The van der Waals surface area contributed by atoms with Crippen molar-refractivity contribution in [3.05, 3.63) is 77.9 Å². The van der Waals surface area contributed by atoms with Gasteiger partial charge in [0.05, 0.1) is 16.8 Å². The average Bonchev–Trinajstić information content (AvgIpc) is 3.22. The van der Waals surface area contributed by atoms with E-state index in [0.717, 1.165) is 35.2 Å². The summed E-state index contributed by atoms with van der Waals surface area (Å²) in [6.45, 7) is 2.73. The minimum atomic E-state index is -4.49. The van der Waals surface area contributed by atoms with Crippen LogP contribution in [-0.4, -0.2) is 26.6 Å². The van der Waals surface area contributed by atoms with Crippen LogP contribution >= 0.6 is 0 Å². The molecule has 174 valence electrons. The Morgan fingerprint density at radius 1 is 1.18 bits per heavy atom. The number of fused-ring (bicyclic) bond motifs is 2. The summed E-state index contributed by atoms with van der Waals surface area (Å²) >= 11 is 0. The number of hydrogen-bond donors (Lipinski definition) is 2. The van der Waals surface area contributed by atoms with Gasteiger partial charge in [0, 0.05) is 35.4 Å². The van der Waals surface area contributed by atoms with E-state index in [9.17, 15) is 18.0 Å². The van der Waals surface area contributed by atoms with E-state index in [-0.39, 0.29) is 11.7 Å². The third kappa shape index (κ3) is 4.32. The Bertz CT molecular complexity index is 1380. The highest BCUT2D eigenvalue weighted by atomic mass is 19.4. The molecule has 2 N–H and O–H groups in total. The molecule has 2 aromatic carbocycles. The highest BCUT2D eigenvalue weighted by molar-refractivity contribution is 5.98. The smallest absolute Gasteiger partial charge is 0.416 e. The normalized spacial score (nSPS) is 15.7. The Kier molecular flexibility index (Phi) is 5.45.